The Hall–Kier alpha value is -1.06. The van der Waals surface area contributed by atoms with Gasteiger partial charge in [0.15, 0.2) is 0 Å². The number of alkyl halides is 2. The third-order valence-corrected chi connectivity index (χ3v) is 6.17. The Morgan fingerprint density at radius 2 is 2.00 bits per heavy atom. The first kappa shape index (κ1) is 16.3. The Kier molecular flexibility index (Phi) is 4.36. The number of hydrogen-bond donors (Lipinski definition) is 1. The van der Waals surface area contributed by atoms with E-state index in [-0.39, 0.29) is 15.9 Å². The van der Waals surface area contributed by atoms with Crippen LogP contribution in [0.1, 0.15) is 6.42 Å². The Labute approximate surface area is 128 Å². The van der Waals surface area contributed by atoms with Crippen molar-refractivity contribution in [1.29, 1.82) is 0 Å². The van der Waals surface area contributed by atoms with Crippen LogP contribution in [0.4, 0.5) is 8.78 Å². The van der Waals surface area contributed by atoms with E-state index in [9.17, 15) is 22.0 Å². The van der Waals surface area contributed by atoms with Gasteiger partial charge in [0.2, 0.25) is 10.0 Å². The smallest absolute Gasteiger partial charge is 0.312 e. The summed E-state index contributed by atoms with van der Waals surface area (Å²) in [5.41, 5.74) is 0. The van der Waals surface area contributed by atoms with Gasteiger partial charge in [0.05, 0.1) is 11.4 Å². The zero-order chi connectivity index (χ0) is 15.8. The molecule has 1 aromatic rings. The molecule has 116 valence electrons. The standard InChI is InChI=1S/C12H12BrF2NO4S/c13-9-3-1-2-4-10(9)21(19,20)16-6-5-8(11(17)18)12(14,15)7-16/h1-4,8H,5-7H2,(H,17,18). The number of carboxylic acid groups (broad SMARTS) is 1. The quantitative estimate of drug-likeness (QED) is 0.867. The second-order valence-corrected chi connectivity index (χ2v) is 7.47. The molecule has 0 saturated carbocycles. The van der Waals surface area contributed by atoms with Crippen molar-refractivity contribution in [3.8, 4) is 0 Å². The summed E-state index contributed by atoms with van der Waals surface area (Å²) in [5, 5.41) is 8.77. The molecule has 1 saturated heterocycles. The minimum absolute atomic E-state index is 0.116. The Bertz CT molecular complexity index is 665. The van der Waals surface area contributed by atoms with Crippen LogP contribution >= 0.6 is 15.9 Å². The molecule has 1 unspecified atom stereocenters. The summed E-state index contributed by atoms with van der Waals surface area (Å²) < 4.78 is 53.3. The highest BCUT2D eigenvalue weighted by atomic mass is 79.9. The van der Waals surface area contributed by atoms with Crippen molar-refractivity contribution in [2.24, 2.45) is 5.92 Å². The molecule has 0 aliphatic carbocycles. The van der Waals surface area contributed by atoms with E-state index in [1.807, 2.05) is 0 Å². The molecule has 0 bridgehead atoms. The zero-order valence-electron chi connectivity index (χ0n) is 10.7. The molecule has 1 fully saturated rings. The lowest BCUT2D eigenvalue weighted by molar-refractivity contribution is -0.163. The fourth-order valence-corrected chi connectivity index (χ4v) is 4.64. The number of sulfonamides is 1. The summed E-state index contributed by atoms with van der Waals surface area (Å²) in [6.45, 7) is -1.39. The Balaban J connectivity index is 2.32. The maximum absolute atomic E-state index is 13.8. The summed E-state index contributed by atoms with van der Waals surface area (Å²) in [6, 6.07) is 5.89. The van der Waals surface area contributed by atoms with Crippen LogP contribution < -0.4 is 0 Å². The van der Waals surface area contributed by atoms with Gasteiger partial charge in [0.1, 0.15) is 5.92 Å². The predicted molar refractivity (Wildman–Crippen MR) is 73.6 cm³/mol. The number of aliphatic carboxylic acids is 1. The molecule has 0 amide bonds. The van der Waals surface area contributed by atoms with Crippen molar-refractivity contribution in [3.05, 3.63) is 28.7 Å². The molecule has 0 radical (unpaired) electrons. The first-order valence-corrected chi connectivity index (χ1v) is 8.25. The summed E-state index contributed by atoms with van der Waals surface area (Å²) in [7, 11) is -4.10. The van der Waals surface area contributed by atoms with Crippen LogP contribution in [0.15, 0.2) is 33.6 Å². The van der Waals surface area contributed by atoms with E-state index in [1.54, 1.807) is 6.07 Å². The number of piperidine rings is 1. The molecule has 5 nitrogen and oxygen atoms in total. The first-order chi connectivity index (χ1) is 9.66. The average Bonchev–Trinajstić information content (AvgIpc) is 2.37. The van der Waals surface area contributed by atoms with Crippen molar-refractivity contribution < 1.29 is 27.1 Å². The minimum atomic E-state index is -4.10. The normalized spacial score (nSPS) is 22.9. The summed E-state index contributed by atoms with van der Waals surface area (Å²) in [5.74, 6) is -7.07. The lowest BCUT2D eigenvalue weighted by atomic mass is 9.94. The topological polar surface area (TPSA) is 74.7 Å². The summed E-state index contributed by atoms with van der Waals surface area (Å²) in [4.78, 5) is 10.7. The van der Waals surface area contributed by atoms with E-state index >= 15 is 0 Å². The Morgan fingerprint density at radius 3 is 2.52 bits per heavy atom. The fourth-order valence-electron chi connectivity index (χ4n) is 2.21. The molecule has 1 aromatic carbocycles. The van der Waals surface area contributed by atoms with E-state index < -0.39 is 40.8 Å². The van der Waals surface area contributed by atoms with Gasteiger partial charge in [-0.1, -0.05) is 12.1 Å². The second kappa shape index (κ2) is 5.62. The van der Waals surface area contributed by atoms with Crippen molar-refractivity contribution in [1.82, 2.24) is 4.31 Å². The predicted octanol–water partition coefficient (Wildman–Crippen LogP) is 2.18. The van der Waals surface area contributed by atoms with Crippen LogP contribution in [0.2, 0.25) is 0 Å². The largest absolute Gasteiger partial charge is 0.481 e. The molecule has 1 atom stereocenters. The molecule has 0 aromatic heterocycles. The zero-order valence-corrected chi connectivity index (χ0v) is 13.1. The van der Waals surface area contributed by atoms with Gasteiger partial charge in [-0.05, 0) is 34.5 Å². The third-order valence-electron chi connectivity index (χ3n) is 3.32. The van der Waals surface area contributed by atoms with Gasteiger partial charge in [-0.3, -0.25) is 4.79 Å². The van der Waals surface area contributed by atoms with Crippen LogP contribution in [-0.4, -0.2) is 42.8 Å². The van der Waals surface area contributed by atoms with E-state index in [1.165, 1.54) is 18.2 Å². The number of nitrogens with zero attached hydrogens (tertiary/aromatic N) is 1. The number of hydrogen-bond acceptors (Lipinski definition) is 3. The van der Waals surface area contributed by atoms with Gasteiger partial charge in [-0.2, -0.15) is 4.31 Å². The monoisotopic (exact) mass is 383 g/mol. The van der Waals surface area contributed by atoms with Gasteiger partial charge in [-0.25, -0.2) is 17.2 Å². The highest BCUT2D eigenvalue weighted by Gasteiger charge is 2.51. The molecule has 0 spiro atoms. The van der Waals surface area contributed by atoms with Gasteiger partial charge in [-0.15, -0.1) is 0 Å². The van der Waals surface area contributed by atoms with Gasteiger partial charge in [0, 0.05) is 11.0 Å². The molecule has 9 heteroatoms. The van der Waals surface area contributed by atoms with Crippen LogP contribution in [0.3, 0.4) is 0 Å². The molecule has 2 rings (SSSR count). The molecule has 1 heterocycles. The van der Waals surface area contributed by atoms with E-state index in [0.717, 1.165) is 0 Å². The van der Waals surface area contributed by atoms with Crippen molar-refractivity contribution >= 4 is 31.9 Å². The average molecular weight is 384 g/mol. The van der Waals surface area contributed by atoms with Crippen LogP contribution in [0.5, 0.6) is 0 Å². The summed E-state index contributed by atoms with van der Waals surface area (Å²) >= 11 is 3.07. The van der Waals surface area contributed by atoms with E-state index in [0.29, 0.717) is 4.31 Å². The first-order valence-electron chi connectivity index (χ1n) is 6.01. The number of carboxylic acids is 1. The number of benzene rings is 1. The van der Waals surface area contributed by atoms with Gasteiger partial charge in [0.25, 0.3) is 5.92 Å². The Morgan fingerprint density at radius 1 is 1.38 bits per heavy atom. The highest BCUT2D eigenvalue weighted by Crippen LogP contribution is 2.36. The molecular formula is C12H12BrF2NO4S. The van der Waals surface area contributed by atoms with Gasteiger partial charge < -0.3 is 5.11 Å². The fraction of sp³-hybridized carbons (Fsp3) is 0.417. The number of carbonyl (C=O) groups is 1. The van der Waals surface area contributed by atoms with Crippen LogP contribution in [0.25, 0.3) is 0 Å². The van der Waals surface area contributed by atoms with Crippen molar-refractivity contribution in [3.63, 3.8) is 0 Å². The second-order valence-electron chi connectivity index (χ2n) is 4.71. The number of halogens is 3. The lowest BCUT2D eigenvalue weighted by Gasteiger charge is -2.35. The molecular weight excluding hydrogens is 372 g/mol. The summed E-state index contributed by atoms with van der Waals surface area (Å²) in [6.07, 6.45) is -0.425. The third kappa shape index (κ3) is 3.09. The number of rotatable bonds is 3. The van der Waals surface area contributed by atoms with E-state index in [2.05, 4.69) is 15.9 Å². The SMILES string of the molecule is O=C(O)C1CCN(S(=O)(=O)c2ccccc2Br)CC1(F)F. The van der Waals surface area contributed by atoms with Crippen LogP contribution in [0, 0.1) is 5.92 Å². The van der Waals surface area contributed by atoms with Crippen molar-refractivity contribution in [2.45, 2.75) is 17.2 Å². The van der Waals surface area contributed by atoms with E-state index in [4.69, 9.17) is 5.11 Å². The molecule has 1 N–H and O–H groups in total. The molecule has 21 heavy (non-hydrogen) atoms. The molecule has 1 aliphatic heterocycles. The minimum Gasteiger partial charge on any atom is -0.481 e. The highest BCUT2D eigenvalue weighted by molar-refractivity contribution is 9.10. The lowest BCUT2D eigenvalue weighted by Crippen LogP contribution is -2.52. The maximum atomic E-state index is 13.8. The van der Waals surface area contributed by atoms with Gasteiger partial charge >= 0.3 is 5.97 Å². The molecule has 1 aliphatic rings. The van der Waals surface area contributed by atoms with Crippen molar-refractivity contribution in [2.75, 3.05) is 13.1 Å². The maximum Gasteiger partial charge on any atom is 0.312 e. The van der Waals surface area contributed by atoms with Crippen LogP contribution in [-0.2, 0) is 14.8 Å².